The Balaban J connectivity index is 2.07. The first-order valence-electron chi connectivity index (χ1n) is 8.53. The maximum Gasteiger partial charge on any atom is 0.325 e. The summed E-state index contributed by atoms with van der Waals surface area (Å²) in [6.07, 6.45) is 2.54. The minimum absolute atomic E-state index is 0.198. The van der Waals surface area contributed by atoms with E-state index in [9.17, 15) is 19.5 Å². The maximum absolute atomic E-state index is 12.8. The second kappa shape index (κ2) is 9.09. The highest BCUT2D eigenvalue weighted by atomic mass is 32.2. The van der Waals surface area contributed by atoms with E-state index in [0.29, 0.717) is 17.7 Å². The number of hydrogen-bond acceptors (Lipinski definition) is 6. The van der Waals surface area contributed by atoms with Gasteiger partial charge in [-0.25, -0.2) is 4.79 Å². The van der Waals surface area contributed by atoms with Gasteiger partial charge in [0, 0.05) is 0 Å². The van der Waals surface area contributed by atoms with Crippen molar-refractivity contribution in [2.45, 2.75) is 24.9 Å². The molecule has 2 rings (SSSR count). The van der Waals surface area contributed by atoms with Crippen LogP contribution < -0.4 is 15.4 Å². The highest BCUT2D eigenvalue weighted by Crippen LogP contribution is 2.29. The lowest BCUT2D eigenvalue weighted by Crippen LogP contribution is -2.46. The van der Waals surface area contributed by atoms with Crippen molar-refractivity contribution >= 4 is 29.6 Å². The van der Waals surface area contributed by atoms with E-state index >= 15 is 0 Å². The quantitative estimate of drug-likeness (QED) is 0.531. The van der Waals surface area contributed by atoms with E-state index in [1.807, 2.05) is 6.26 Å². The normalized spacial score (nSPS) is 20.4. The summed E-state index contributed by atoms with van der Waals surface area (Å²) in [6, 6.07) is 5.77. The van der Waals surface area contributed by atoms with Crippen LogP contribution in [0.3, 0.4) is 0 Å². The zero-order chi connectivity index (χ0) is 20.0. The van der Waals surface area contributed by atoms with E-state index in [-0.39, 0.29) is 6.61 Å². The summed E-state index contributed by atoms with van der Waals surface area (Å²) in [5, 5.41) is 14.7. The van der Waals surface area contributed by atoms with Gasteiger partial charge in [-0.3, -0.25) is 14.5 Å². The van der Waals surface area contributed by atoms with Crippen LogP contribution in [0.4, 0.5) is 4.79 Å². The van der Waals surface area contributed by atoms with Crippen molar-refractivity contribution in [2.75, 3.05) is 32.3 Å². The Kier molecular flexibility index (Phi) is 7.09. The molecule has 0 bridgehead atoms. The zero-order valence-electron chi connectivity index (χ0n) is 15.7. The third kappa shape index (κ3) is 4.72. The molecule has 1 aliphatic heterocycles. The molecule has 1 saturated heterocycles. The molecule has 27 heavy (non-hydrogen) atoms. The minimum Gasteiger partial charge on any atom is -0.497 e. The first-order valence-corrected chi connectivity index (χ1v) is 9.93. The highest BCUT2D eigenvalue weighted by molar-refractivity contribution is 7.98. The van der Waals surface area contributed by atoms with E-state index < -0.39 is 36.0 Å². The first kappa shape index (κ1) is 21.0. The number of nitrogens with one attached hydrogen (secondary N) is 2. The molecule has 9 heteroatoms. The van der Waals surface area contributed by atoms with Gasteiger partial charge in [0.25, 0.3) is 5.91 Å². The van der Waals surface area contributed by atoms with Gasteiger partial charge in [0.2, 0.25) is 5.91 Å². The second-order valence-electron chi connectivity index (χ2n) is 6.40. The lowest BCUT2D eigenvalue weighted by molar-refractivity contribution is -0.135. The monoisotopic (exact) mass is 395 g/mol. The van der Waals surface area contributed by atoms with Crippen molar-refractivity contribution in [3.63, 3.8) is 0 Å². The Morgan fingerprint density at radius 3 is 2.59 bits per heavy atom. The minimum atomic E-state index is -1.25. The number of rotatable bonds is 9. The zero-order valence-corrected chi connectivity index (χ0v) is 16.5. The van der Waals surface area contributed by atoms with Crippen molar-refractivity contribution in [2.24, 2.45) is 0 Å². The predicted molar refractivity (Wildman–Crippen MR) is 103 cm³/mol. The number of imide groups is 1. The van der Waals surface area contributed by atoms with Crippen molar-refractivity contribution < 1.29 is 24.2 Å². The van der Waals surface area contributed by atoms with Crippen molar-refractivity contribution in [3.8, 4) is 5.75 Å². The molecule has 2 atom stereocenters. The Morgan fingerprint density at radius 1 is 1.37 bits per heavy atom. The molecular formula is C18H25N3O5S. The molecule has 3 N–H and O–H groups in total. The van der Waals surface area contributed by atoms with Gasteiger partial charge in [-0.1, -0.05) is 12.1 Å². The van der Waals surface area contributed by atoms with Crippen molar-refractivity contribution in [1.29, 1.82) is 0 Å². The number of amides is 4. The molecular weight excluding hydrogens is 370 g/mol. The number of carbonyl (C=O) groups excluding carboxylic acids is 3. The standard InChI is InChI=1S/C18H25N3O5S/c1-18(12-4-6-14(26-2)7-5-12)16(24)21(17(25)20-18)10-15(23)19-13(11-22)8-9-27-3/h4-7,13,22H,8-11H2,1-3H3,(H,19,23)(H,20,25)/t13-,18+/m0/s1. The number of ether oxygens (including phenoxy) is 1. The summed E-state index contributed by atoms with van der Waals surface area (Å²) < 4.78 is 5.10. The fourth-order valence-corrected chi connectivity index (χ4v) is 3.37. The van der Waals surface area contributed by atoms with Crippen molar-refractivity contribution in [1.82, 2.24) is 15.5 Å². The van der Waals surface area contributed by atoms with Gasteiger partial charge in [0.15, 0.2) is 0 Å². The average molecular weight is 395 g/mol. The number of hydrogen-bond donors (Lipinski definition) is 3. The molecule has 0 spiro atoms. The van der Waals surface area contributed by atoms with E-state index in [0.717, 1.165) is 10.7 Å². The summed E-state index contributed by atoms with van der Waals surface area (Å²) in [4.78, 5) is 38.3. The number of urea groups is 1. The van der Waals surface area contributed by atoms with Gasteiger partial charge < -0.3 is 20.5 Å². The molecule has 1 heterocycles. The van der Waals surface area contributed by atoms with Crippen LogP contribution in [-0.4, -0.2) is 66.2 Å². The molecule has 0 aromatic heterocycles. The lowest BCUT2D eigenvalue weighted by atomic mass is 9.92. The molecule has 0 unspecified atom stereocenters. The number of carbonyl (C=O) groups is 3. The van der Waals surface area contributed by atoms with E-state index in [4.69, 9.17) is 4.74 Å². The number of benzene rings is 1. The predicted octanol–water partition coefficient (Wildman–Crippen LogP) is 0.692. The summed E-state index contributed by atoms with van der Waals surface area (Å²) in [5.41, 5.74) is -0.656. The molecule has 0 aliphatic carbocycles. The average Bonchev–Trinajstić information content (AvgIpc) is 2.89. The van der Waals surface area contributed by atoms with Crippen LogP contribution in [0.5, 0.6) is 5.75 Å². The smallest absolute Gasteiger partial charge is 0.325 e. The second-order valence-corrected chi connectivity index (χ2v) is 7.39. The molecule has 1 aliphatic rings. The Morgan fingerprint density at radius 2 is 2.04 bits per heavy atom. The molecule has 4 amide bonds. The Hall–Kier alpha value is -2.26. The van der Waals surface area contributed by atoms with E-state index in [1.165, 1.54) is 0 Å². The van der Waals surface area contributed by atoms with Crippen LogP contribution in [0.1, 0.15) is 18.9 Å². The molecule has 1 aromatic carbocycles. The molecule has 1 aromatic rings. The number of thioether (sulfide) groups is 1. The number of aliphatic hydroxyl groups is 1. The Labute approximate surface area is 162 Å². The van der Waals surface area contributed by atoms with Crippen LogP contribution in [0.2, 0.25) is 0 Å². The molecule has 0 saturated carbocycles. The Bertz CT molecular complexity index is 697. The van der Waals surface area contributed by atoms with Gasteiger partial charge in [-0.05, 0) is 43.0 Å². The maximum atomic E-state index is 12.8. The summed E-state index contributed by atoms with van der Waals surface area (Å²) in [5.74, 6) is 0.426. The van der Waals surface area contributed by atoms with Crippen LogP contribution in [0.15, 0.2) is 24.3 Å². The summed E-state index contributed by atoms with van der Waals surface area (Å²) >= 11 is 1.61. The molecule has 148 valence electrons. The number of aliphatic hydroxyl groups excluding tert-OH is 1. The summed E-state index contributed by atoms with van der Waals surface area (Å²) in [6.45, 7) is 1.00. The topological polar surface area (TPSA) is 108 Å². The lowest BCUT2D eigenvalue weighted by Gasteiger charge is -2.22. The van der Waals surface area contributed by atoms with Gasteiger partial charge in [-0.2, -0.15) is 11.8 Å². The summed E-state index contributed by atoms with van der Waals surface area (Å²) in [7, 11) is 1.54. The SMILES string of the molecule is COc1ccc([C@@]2(C)NC(=O)N(CC(=O)N[C@H](CO)CCSC)C2=O)cc1. The van der Waals surface area contributed by atoms with Crippen LogP contribution in [0.25, 0.3) is 0 Å². The van der Waals surface area contributed by atoms with E-state index in [1.54, 1.807) is 50.1 Å². The third-order valence-corrected chi connectivity index (χ3v) is 5.14. The fraction of sp³-hybridized carbons (Fsp3) is 0.500. The molecule has 1 fully saturated rings. The largest absolute Gasteiger partial charge is 0.497 e. The van der Waals surface area contributed by atoms with Gasteiger partial charge in [0.05, 0.1) is 19.8 Å². The van der Waals surface area contributed by atoms with Gasteiger partial charge in [0.1, 0.15) is 17.8 Å². The number of nitrogens with zero attached hydrogens (tertiary/aromatic N) is 1. The third-order valence-electron chi connectivity index (χ3n) is 4.50. The fourth-order valence-electron chi connectivity index (χ4n) is 2.85. The van der Waals surface area contributed by atoms with Crippen LogP contribution in [-0.2, 0) is 15.1 Å². The molecule has 8 nitrogen and oxygen atoms in total. The van der Waals surface area contributed by atoms with Gasteiger partial charge >= 0.3 is 6.03 Å². The first-order chi connectivity index (χ1) is 12.8. The van der Waals surface area contributed by atoms with Gasteiger partial charge in [-0.15, -0.1) is 0 Å². The van der Waals surface area contributed by atoms with Crippen molar-refractivity contribution in [3.05, 3.63) is 29.8 Å². The highest BCUT2D eigenvalue weighted by Gasteiger charge is 2.49. The van der Waals surface area contributed by atoms with Crippen LogP contribution >= 0.6 is 11.8 Å². The van der Waals surface area contributed by atoms with Crippen LogP contribution in [0, 0.1) is 0 Å². The number of methoxy groups -OCH3 is 1. The van der Waals surface area contributed by atoms with E-state index in [2.05, 4.69) is 10.6 Å². The molecule has 0 radical (unpaired) electrons.